The molecule has 0 saturated carbocycles. The van der Waals surface area contributed by atoms with Crippen molar-refractivity contribution in [2.45, 2.75) is 26.4 Å². The van der Waals surface area contributed by atoms with Crippen molar-refractivity contribution in [3.05, 3.63) is 18.3 Å². The van der Waals surface area contributed by atoms with Gasteiger partial charge in [-0.2, -0.15) is 0 Å². The zero-order chi connectivity index (χ0) is 21.9. The van der Waals surface area contributed by atoms with Gasteiger partial charge in [0.15, 0.2) is 0 Å². The van der Waals surface area contributed by atoms with Crippen molar-refractivity contribution in [3.8, 4) is 0 Å². The third-order valence-electron chi connectivity index (χ3n) is 2.15. The van der Waals surface area contributed by atoms with E-state index in [1.807, 2.05) is 0 Å². The van der Waals surface area contributed by atoms with Gasteiger partial charge in [0.05, 0.1) is 22.9 Å². The summed E-state index contributed by atoms with van der Waals surface area (Å²) in [5, 5.41) is 0. The van der Waals surface area contributed by atoms with Gasteiger partial charge in [0.25, 0.3) is 0 Å². The van der Waals surface area contributed by atoms with Gasteiger partial charge in [-0.25, -0.2) is 9.78 Å². The molecule has 0 radical (unpaired) electrons. The SMILES string of the molecule is [2H]C1([2H])N(C(=O)OC(C)(C)C)C([2H])([2H])C([2H])([2H])N(c2ccc(N)nc2)C1([2H])[2H]. The van der Waals surface area contributed by atoms with Crippen molar-refractivity contribution in [1.82, 2.24) is 9.88 Å². The fraction of sp³-hybridized carbons (Fsp3) is 0.571. The van der Waals surface area contributed by atoms with E-state index in [9.17, 15) is 4.79 Å². The van der Waals surface area contributed by atoms with Crippen LogP contribution in [0.1, 0.15) is 31.7 Å². The number of nitrogen functional groups attached to an aromatic ring is 1. The Morgan fingerprint density at radius 2 is 2.00 bits per heavy atom. The van der Waals surface area contributed by atoms with E-state index >= 15 is 0 Å². The molecule has 0 atom stereocenters. The summed E-state index contributed by atoms with van der Waals surface area (Å²) in [4.78, 5) is 16.4. The van der Waals surface area contributed by atoms with E-state index in [2.05, 4.69) is 4.98 Å². The summed E-state index contributed by atoms with van der Waals surface area (Å²) in [5.41, 5.74) is 4.10. The lowest BCUT2D eigenvalue weighted by Gasteiger charge is -2.36. The molecule has 6 heteroatoms. The van der Waals surface area contributed by atoms with Crippen LogP contribution in [0.15, 0.2) is 18.3 Å². The molecule has 6 nitrogen and oxygen atoms in total. The Kier molecular flexibility index (Phi) is 1.99. The minimum atomic E-state index is -3.31. The fourth-order valence-corrected chi connectivity index (χ4v) is 1.31. The quantitative estimate of drug-likeness (QED) is 0.851. The maximum Gasteiger partial charge on any atom is 0.410 e. The maximum atomic E-state index is 12.6. The summed E-state index contributed by atoms with van der Waals surface area (Å²) in [7, 11) is 0. The summed E-state index contributed by atoms with van der Waals surface area (Å²) < 4.78 is 70.9. The first kappa shape index (κ1) is 7.15. The Hall–Kier alpha value is -1.98. The van der Waals surface area contributed by atoms with Crippen molar-refractivity contribution in [2.75, 3.05) is 36.6 Å². The largest absolute Gasteiger partial charge is 0.444 e. The lowest BCUT2D eigenvalue weighted by atomic mass is 10.2. The summed E-state index contributed by atoms with van der Waals surface area (Å²) in [6.45, 7) is -8.62. The fourth-order valence-electron chi connectivity index (χ4n) is 1.31. The molecule has 0 aliphatic carbocycles. The molecule has 1 aliphatic heterocycles. The smallest absolute Gasteiger partial charge is 0.410 e. The Bertz CT molecular complexity index is 736. The van der Waals surface area contributed by atoms with Gasteiger partial charge in [0.1, 0.15) is 11.4 Å². The van der Waals surface area contributed by atoms with Gasteiger partial charge in [-0.1, -0.05) is 0 Å². The number of ether oxygens (including phenoxy) is 1. The molecule has 2 heterocycles. The summed E-state index contributed by atoms with van der Waals surface area (Å²) in [6, 6.07) is 2.43. The average molecular weight is 286 g/mol. The van der Waals surface area contributed by atoms with Crippen LogP contribution in [0, 0.1) is 0 Å². The van der Waals surface area contributed by atoms with Crippen LogP contribution in [0.3, 0.4) is 0 Å². The number of hydrogen-bond acceptors (Lipinski definition) is 5. The number of carbonyl (C=O) groups excluding carboxylic acids is 1. The third-order valence-corrected chi connectivity index (χ3v) is 2.15. The van der Waals surface area contributed by atoms with E-state index < -0.39 is 37.7 Å². The molecule has 1 aromatic rings. The van der Waals surface area contributed by atoms with Crippen molar-refractivity contribution in [3.63, 3.8) is 0 Å². The predicted octanol–water partition coefficient (Wildman–Crippen LogP) is 1.72. The zero-order valence-corrected chi connectivity index (χ0v) is 11.5. The van der Waals surface area contributed by atoms with Crippen molar-refractivity contribution in [1.29, 1.82) is 0 Å². The average Bonchev–Trinajstić information content (AvgIpc) is 2.45. The molecule has 2 N–H and O–H groups in total. The Balaban J connectivity index is 2.68. The minimum Gasteiger partial charge on any atom is -0.444 e. The summed E-state index contributed by atoms with van der Waals surface area (Å²) in [6.07, 6.45) is -0.523. The third kappa shape index (κ3) is 3.76. The molecule has 1 aliphatic rings. The molecule has 20 heavy (non-hydrogen) atoms. The van der Waals surface area contributed by atoms with Gasteiger partial charge >= 0.3 is 6.09 Å². The first-order chi connectivity index (χ1) is 12.4. The first-order valence-electron chi connectivity index (χ1n) is 9.92. The molecular weight excluding hydrogens is 256 g/mol. The monoisotopic (exact) mass is 286 g/mol. The van der Waals surface area contributed by atoms with Gasteiger partial charge < -0.3 is 20.3 Å². The molecule has 0 aromatic carbocycles. The van der Waals surface area contributed by atoms with Crippen LogP contribution < -0.4 is 10.6 Å². The van der Waals surface area contributed by atoms with Crippen LogP contribution >= 0.6 is 0 Å². The second-order valence-corrected chi connectivity index (χ2v) is 5.04. The van der Waals surface area contributed by atoms with Crippen molar-refractivity contribution < 1.29 is 20.5 Å². The van der Waals surface area contributed by atoms with Crippen molar-refractivity contribution in [2.24, 2.45) is 0 Å². The highest BCUT2D eigenvalue weighted by Gasteiger charge is 2.25. The lowest BCUT2D eigenvalue weighted by molar-refractivity contribution is 0.0240. The first-order valence-corrected chi connectivity index (χ1v) is 5.92. The Morgan fingerprint density at radius 3 is 2.50 bits per heavy atom. The number of pyridine rings is 1. The number of aromatic nitrogens is 1. The molecule has 0 unspecified atom stereocenters. The van der Waals surface area contributed by atoms with Crippen molar-refractivity contribution >= 4 is 17.6 Å². The van der Waals surface area contributed by atoms with E-state index in [1.54, 1.807) is 0 Å². The number of rotatable bonds is 1. The number of amides is 1. The molecule has 0 spiro atoms. The normalized spacial score (nSPS) is 32.1. The van der Waals surface area contributed by atoms with Crippen LogP contribution in [0.4, 0.5) is 16.3 Å². The van der Waals surface area contributed by atoms with E-state index in [0.29, 0.717) is 0 Å². The van der Waals surface area contributed by atoms with Crippen LogP contribution in [0.25, 0.3) is 0 Å². The summed E-state index contributed by atoms with van der Waals surface area (Å²) in [5.74, 6) is 0.0586. The number of hydrogen-bond donors (Lipinski definition) is 1. The molecule has 2 rings (SSSR count). The maximum absolute atomic E-state index is 12.6. The summed E-state index contributed by atoms with van der Waals surface area (Å²) >= 11 is 0. The highest BCUT2D eigenvalue weighted by molar-refractivity contribution is 5.68. The van der Waals surface area contributed by atoms with Gasteiger partial charge in [0.2, 0.25) is 0 Å². The molecule has 1 amide bonds. The van der Waals surface area contributed by atoms with E-state index in [4.69, 9.17) is 21.4 Å². The van der Waals surface area contributed by atoms with Gasteiger partial charge in [-0.3, -0.25) is 0 Å². The number of nitrogens with two attached hydrogens (primary N) is 1. The number of anilines is 2. The Morgan fingerprint density at radius 1 is 1.35 bits per heavy atom. The van der Waals surface area contributed by atoms with Gasteiger partial charge in [-0.05, 0) is 32.9 Å². The number of piperazine rings is 1. The van der Waals surface area contributed by atoms with E-state index in [1.165, 1.54) is 32.9 Å². The van der Waals surface area contributed by atoms with Crippen LogP contribution in [0.2, 0.25) is 0 Å². The van der Waals surface area contributed by atoms with Gasteiger partial charge in [0, 0.05) is 26.0 Å². The topological polar surface area (TPSA) is 71.7 Å². The molecule has 1 aromatic heterocycles. The standard InChI is InChI=1S/C14H22N4O2/c1-14(2,3)20-13(19)18-8-6-17(7-9-18)11-4-5-12(15)16-10-11/h4-5,10H,6-9H2,1-3H3,(H2,15,16)/i6D2,7D2,8D2,9D2. The second-order valence-electron chi connectivity index (χ2n) is 5.04. The number of nitrogens with zero attached hydrogens (tertiary/aromatic N) is 3. The molecule has 110 valence electrons. The van der Waals surface area contributed by atoms with Crippen LogP contribution in [-0.4, -0.2) is 47.6 Å². The minimum absolute atomic E-state index is 0.0586. The lowest BCUT2D eigenvalue weighted by Crippen LogP contribution is -2.50. The van der Waals surface area contributed by atoms with E-state index in [-0.39, 0.29) is 21.3 Å². The molecule has 1 fully saturated rings. The number of carbonyl (C=O) groups is 1. The zero-order valence-electron chi connectivity index (χ0n) is 19.5. The highest BCUT2D eigenvalue weighted by atomic mass is 16.6. The van der Waals surface area contributed by atoms with Gasteiger partial charge in [-0.15, -0.1) is 0 Å². The second kappa shape index (κ2) is 5.56. The van der Waals surface area contributed by atoms with Crippen LogP contribution in [-0.2, 0) is 4.74 Å². The predicted molar refractivity (Wildman–Crippen MR) is 78.7 cm³/mol. The van der Waals surface area contributed by atoms with E-state index in [0.717, 1.165) is 6.20 Å². The van der Waals surface area contributed by atoms with Crippen LogP contribution in [0.5, 0.6) is 0 Å². The highest BCUT2D eigenvalue weighted by Crippen LogP contribution is 2.17. The molecule has 0 bridgehead atoms. The molecular formula is C14H22N4O2. The Labute approximate surface area is 130 Å². The molecule has 1 saturated heterocycles.